The lowest BCUT2D eigenvalue weighted by molar-refractivity contribution is -0.115. The molecule has 1 aliphatic heterocycles. The Bertz CT molecular complexity index is 1310. The second kappa shape index (κ2) is 8.60. The number of benzene rings is 3. The van der Waals surface area contributed by atoms with Crippen LogP contribution in [0.15, 0.2) is 95.9 Å². The van der Waals surface area contributed by atoms with E-state index in [4.69, 9.17) is 0 Å². The fourth-order valence-corrected chi connectivity index (χ4v) is 5.63. The summed E-state index contributed by atoms with van der Waals surface area (Å²) in [6.45, 7) is 7.73. The Morgan fingerprint density at radius 3 is 2.22 bits per heavy atom. The van der Waals surface area contributed by atoms with Crippen molar-refractivity contribution in [2.45, 2.75) is 31.2 Å². The molecule has 32 heavy (non-hydrogen) atoms. The molecule has 4 nitrogen and oxygen atoms in total. The first-order valence-corrected chi connectivity index (χ1v) is 12.0. The Hall–Kier alpha value is -3.44. The molecule has 0 spiro atoms. The molecule has 0 aliphatic carbocycles. The molecule has 0 radical (unpaired) electrons. The van der Waals surface area contributed by atoms with E-state index in [1.54, 1.807) is 31.2 Å². The van der Waals surface area contributed by atoms with Crippen LogP contribution in [0.4, 0.5) is 0 Å². The summed E-state index contributed by atoms with van der Waals surface area (Å²) >= 11 is 0. The van der Waals surface area contributed by atoms with E-state index in [2.05, 4.69) is 6.58 Å². The van der Waals surface area contributed by atoms with E-state index in [1.165, 1.54) is 4.31 Å². The van der Waals surface area contributed by atoms with Crippen molar-refractivity contribution in [1.29, 1.82) is 0 Å². The van der Waals surface area contributed by atoms with Gasteiger partial charge in [0.15, 0.2) is 5.78 Å². The number of rotatable bonds is 6. The molecule has 0 N–H and O–H groups in total. The predicted octanol–water partition coefficient (Wildman–Crippen LogP) is 5.77. The number of hydrogen-bond donors (Lipinski definition) is 0. The van der Waals surface area contributed by atoms with Crippen LogP contribution in [0.2, 0.25) is 0 Å². The van der Waals surface area contributed by atoms with Gasteiger partial charge in [0.2, 0.25) is 0 Å². The molecule has 3 aromatic carbocycles. The van der Waals surface area contributed by atoms with Crippen molar-refractivity contribution in [2.75, 3.05) is 0 Å². The van der Waals surface area contributed by atoms with Crippen LogP contribution in [0, 0.1) is 6.92 Å². The lowest BCUT2D eigenvalue weighted by Crippen LogP contribution is -2.38. The van der Waals surface area contributed by atoms with Crippen LogP contribution in [0.3, 0.4) is 0 Å². The van der Waals surface area contributed by atoms with Gasteiger partial charge in [0.05, 0.1) is 16.6 Å². The normalized spacial score (nSPS) is 15.6. The molecule has 1 atom stereocenters. The molecule has 1 aliphatic rings. The molecule has 162 valence electrons. The fraction of sp³-hybridized carbons (Fsp3) is 0.148. The number of aryl methyl sites for hydroxylation is 1. The van der Waals surface area contributed by atoms with Crippen LogP contribution in [-0.2, 0) is 14.8 Å². The Labute approximate surface area is 189 Å². The maximum absolute atomic E-state index is 14.1. The minimum atomic E-state index is -4.00. The van der Waals surface area contributed by atoms with Crippen LogP contribution in [-0.4, -0.2) is 18.5 Å². The topological polar surface area (TPSA) is 54.5 Å². The van der Waals surface area contributed by atoms with E-state index in [0.29, 0.717) is 5.70 Å². The van der Waals surface area contributed by atoms with E-state index in [-0.39, 0.29) is 22.7 Å². The summed E-state index contributed by atoms with van der Waals surface area (Å²) in [5, 5.41) is 0. The largest absolute Gasteiger partial charge is 0.294 e. The summed E-state index contributed by atoms with van der Waals surface area (Å²) in [7, 11) is -4.00. The number of hydrogen-bond acceptors (Lipinski definition) is 3. The minimum Gasteiger partial charge on any atom is -0.294 e. The molecule has 3 aromatic rings. The second-order valence-electron chi connectivity index (χ2n) is 7.84. The molecule has 0 saturated heterocycles. The van der Waals surface area contributed by atoms with Crippen molar-refractivity contribution in [3.05, 3.63) is 113 Å². The summed E-state index contributed by atoms with van der Waals surface area (Å²) in [5.74, 6) is -0.164. The van der Waals surface area contributed by atoms with Gasteiger partial charge in [-0.3, -0.25) is 9.10 Å². The molecule has 0 amide bonds. The zero-order valence-electron chi connectivity index (χ0n) is 18.2. The molecule has 4 rings (SSSR count). The fourth-order valence-electron chi connectivity index (χ4n) is 3.99. The highest BCUT2D eigenvalue weighted by Gasteiger charge is 2.40. The summed E-state index contributed by atoms with van der Waals surface area (Å²) in [5.41, 5.74) is 4.11. The van der Waals surface area contributed by atoms with Crippen LogP contribution in [0.1, 0.15) is 41.6 Å². The maximum atomic E-state index is 14.1. The lowest BCUT2D eigenvalue weighted by Gasteiger charge is -2.39. The molecule has 0 bridgehead atoms. The molecular formula is C27H25NO3S. The van der Waals surface area contributed by atoms with Crippen LogP contribution >= 0.6 is 0 Å². The van der Waals surface area contributed by atoms with Crippen LogP contribution < -0.4 is 0 Å². The molecule has 0 saturated carbocycles. The molecule has 0 aromatic heterocycles. The maximum Gasteiger partial charge on any atom is 0.265 e. The number of carbonyl (C=O) groups excluding carboxylic acids is 1. The Morgan fingerprint density at radius 2 is 1.56 bits per heavy atom. The number of nitrogens with zero attached hydrogens (tertiary/aromatic N) is 1. The molecule has 0 unspecified atom stereocenters. The highest BCUT2D eigenvalue weighted by atomic mass is 32.2. The molecule has 5 heteroatoms. The predicted molar refractivity (Wildman–Crippen MR) is 128 cm³/mol. The number of carbonyl (C=O) groups is 1. The van der Waals surface area contributed by atoms with Crippen molar-refractivity contribution >= 4 is 27.6 Å². The summed E-state index contributed by atoms with van der Waals surface area (Å²) < 4.78 is 29.5. The van der Waals surface area contributed by atoms with Crippen molar-refractivity contribution in [3.63, 3.8) is 0 Å². The van der Waals surface area contributed by atoms with Gasteiger partial charge >= 0.3 is 0 Å². The van der Waals surface area contributed by atoms with E-state index in [0.717, 1.165) is 22.3 Å². The third kappa shape index (κ3) is 3.80. The van der Waals surface area contributed by atoms with Gasteiger partial charge < -0.3 is 0 Å². The average Bonchev–Trinajstić information content (AvgIpc) is 2.82. The van der Waals surface area contributed by atoms with Gasteiger partial charge in [-0.05, 0) is 41.8 Å². The van der Waals surface area contributed by atoms with E-state index >= 15 is 0 Å². The van der Waals surface area contributed by atoms with E-state index in [1.807, 2.05) is 67.6 Å². The first-order chi connectivity index (χ1) is 15.3. The number of Topliss-reactive ketones (excluding diaryl/α,β-unsaturated/α-hetero) is 1. The Kier molecular flexibility index (Phi) is 5.85. The first-order valence-electron chi connectivity index (χ1n) is 10.5. The first kappa shape index (κ1) is 21.8. The highest BCUT2D eigenvalue weighted by molar-refractivity contribution is 7.89. The van der Waals surface area contributed by atoms with Crippen molar-refractivity contribution in [2.24, 2.45) is 0 Å². The smallest absolute Gasteiger partial charge is 0.265 e. The van der Waals surface area contributed by atoms with Crippen LogP contribution in [0.25, 0.3) is 11.8 Å². The van der Waals surface area contributed by atoms with Crippen molar-refractivity contribution in [1.82, 2.24) is 4.31 Å². The summed E-state index contributed by atoms with van der Waals surface area (Å²) in [6, 6.07) is 22.9. The second-order valence-corrected chi connectivity index (χ2v) is 9.66. The zero-order chi connectivity index (χ0) is 22.9. The SMILES string of the molecule is C=C(C(=O)CC)[C@@H]1c2ccccc2C=C(c2ccccc2)N1S(=O)(=O)c1ccc(C)cc1. The van der Waals surface area contributed by atoms with E-state index in [9.17, 15) is 13.2 Å². The van der Waals surface area contributed by atoms with Gasteiger partial charge in [-0.1, -0.05) is 85.8 Å². The third-order valence-corrected chi connectivity index (χ3v) is 7.50. The van der Waals surface area contributed by atoms with E-state index < -0.39 is 16.1 Å². The third-order valence-electron chi connectivity index (χ3n) is 5.71. The Balaban J connectivity index is 2.01. The monoisotopic (exact) mass is 443 g/mol. The van der Waals surface area contributed by atoms with Gasteiger partial charge in [-0.2, -0.15) is 0 Å². The lowest BCUT2D eigenvalue weighted by atomic mass is 9.88. The molecular weight excluding hydrogens is 418 g/mol. The number of fused-ring (bicyclic) bond motifs is 1. The average molecular weight is 444 g/mol. The summed E-state index contributed by atoms with van der Waals surface area (Å²) in [4.78, 5) is 12.9. The van der Waals surface area contributed by atoms with Crippen LogP contribution in [0.5, 0.6) is 0 Å². The number of sulfonamides is 1. The van der Waals surface area contributed by atoms with Gasteiger partial charge in [-0.15, -0.1) is 0 Å². The number of ketones is 1. The van der Waals surface area contributed by atoms with Crippen molar-refractivity contribution < 1.29 is 13.2 Å². The quantitative estimate of drug-likeness (QED) is 0.454. The van der Waals surface area contributed by atoms with Gasteiger partial charge in [0.1, 0.15) is 0 Å². The Morgan fingerprint density at radius 1 is 0.938 bits per heavy atom. The van der Waals surface area contributed by atoms with Gasteiger partial charge in [0, 0.05) is 12.0 Å². The standard InChI is InChI=1S/C27H25NO3S/c1-4-26(29)20(3)27-24-13-9-8-12-22(24)18-25(21-10-6-5-7-11-21)28(27)32(30,31)23-16-14-19(2)15-17-23/h5-18,27H,3-4H2,1-2H3/t27-/m1/s1. The molecule has 0 fully saturated rings. The van der Waals surface area contributed by atoms with Crippen molar-refractivity contribution in [3.8, 4) is 0 Å². The minimum absolute atomic E-state index is 0.164. The van der Waals surface area contributed by atoms with Gasteiger partial charge in [0.25, 0.3) is 10.0 Å². The zero-order valence-corrected chi connectivity index (χ0v) is 19.0. The highest BCUT2D eigenvalue weighted by Crippen LogP contribution is 2.45. The molecule has 1 heterocycles. The van der Waals surface area contributed by atoms with Gasteiger partial charge in [-0.25, -0.2) is 8.42 Å². The summed E-state index contributed by atoms with van der Waals surface area (Å²) in [6.07, 6.45) is 2.12.